The van der Waals surface area contributed by atoms with E-state index in [1.807, 2.05) is 0 Å². The molecule has 2 aromatic rings. The van der Waals surface area contributed by atoms with E-state index in [0.29, 0.717) is 5.56 Å². The molecule has 0 aliphatic heterocycles. The van der Waals surface area contributed by atoms with E-state index in [-0.39, 0.29) is 28.6 Å². The van der Waals surface area contributed by atoms with Crippen LogP contribution in [0.4, 0.5) is 10.1 Å². The van der Waals surface area contributed by atoms with Crippen molar-refractivity contribution in [2.24, 2.45) is 0 Å². The number of hydrogen-bond acceptors (Lipinski definition) is 3. The summed E-state index contributed by atoms with van der Waals surface area (Å²) in [6.45, 7) is 5.51. The third kappa shape index (κ3) is 4.20. The van der Waals surface area contributed by atoms with E-state index in [4.69, 9.17) is 0 Å². The largest absolute Gasteiger partial charge is 0.349 e. The number of sulfonamides is 1. The topological polar surface area (TPSA) is 75.3 Å². The summed E-state index contributed by atoms with van der Waals surface area (Å²) in [4.78, 5) is 12.0. The van der Waals surface area contributed by atoms with Crippen molar-refractivity contribution in [2.75, 3.05) is 11.3 Å². The number of halogens is 1. The van der Waals surface area contributed by atoms with Crippen molar-refractivity contribution in [2.45, 2.75) is 11.8 Å². The average molecular weight is 348 g/mol. The Balaban J connectivity index is 2.31. The number of carbonyl (C=O) groups excluding carboxylic acids is 1. The van der Waals surface area contributed by atoms with Crippen LogP contribution in [0.15, 0.2) is 60.0 Å². The third-order valence-electron chi connectivity index (χ3n) is 3.27. The summed E-state index contributed by atoms with van der Waals surface area (Å²) in [5.41, 5.74) is 1.14. The lowest BCUT2D eigenvalue weighted by Gasteiger charge is -2.11. The first-order valence-corrected chi connectivity index (χ1v) is 8.60. The summed E-state index contributed by atoms with van der Waals surface area (Å²) in [6.07, 6.45) is 1.53. The fraction of sp³-hybridized carbons (Fsp3) is 0.118. The maximum Gasteiger partial charge on any atom is 0.261 e. The van der Waals surface area contributed by atoms with Crippen LogP contribution < -0.4 is 10.0 Å². The lowest BCUT2D eigenvalue weighted by Crippen LogP contribution is -2.24. The van der Waals surface area contributed by atoms with Crippen LogP contribution in [0, 0.1) is 12.7 Å². The minimum absolute atomic E-state index is 0.0545. The molecule has 0 atom stereocenters. The third-order valence-corrected chi connectivity index (χ3v) is 4.65. The van der Waals surface area contributed by atoms with E-state index in [0.717, 1.165) is 12.1 Å². The molecule has 126 valence electrons. The minimum atomic E-state index is -3.89. The zero-order valence-electron chi connectivity index (χ0n) is 13.0. The van der Waals surface area contributed by atoms with Crippen LogP contribution in [-0.2, 0) is 10.0 Å². The molecule has 0 fully saturated rings. The number of rotatable bonds is 6. The van der Waals surface area contributed by atoms with Gasteiger partial charge in [0.05, 0.1) is 4.90 Å². The Morgan fingerprint density at radius 3 is 2.50 bits per heavy atom. The molecule has 0 saturated heterocycles. The molecule has 7 heteroatoms. The van der Waals surface area contributed by atoms with Crippen molar-refractivity contribution in [1.82, 2.24) is 5.32 Å². The van der Waals surface area contributed by atoms with E-state index in [2.05, 4.69) is 16.6 Å². The molecule has 0 heterocycles. The Labute approximate surface area is 140 Å². The first kappa shape index (κ1) is 17.7. The van der Waals surface area contributed by atoms with Crippen molar-refractivity contribution < 1.29 is 17.6 Å². The van der Waals surface area contributed by atoms with Gasteiger partial charge in [-0.25, -0.2) is 12.8 Å². The molecule has 0 unspecified atom stereocenters. The first-order valence-electron chi connectivity index (χ1n) is 7.11. The van der Waals surface area contributed by atoms with E-state index in [9.17, 15) is 17.6 Å². The molecular formula is C17H17FN2O3S. The zero-order valence-corrected chi connectivity index (χ0v) is 13.9. The monoisotopic (exact) mass is 348 g/mol. The van der Waals surface area contributed by atoms with Gasteiger partial charge in [0.15, 0.2) is 0 Å². The van der Waals surface area contributed by atoms with Gasteiger partial charge in [-0.2, -0.15) is 0 Å². The Morgan fingerprint density at radius 1 is 1.21 bits per heavy atom. The van der Waals surface area contributed by atoms with Gasteiger partial charge in [0.1, 0.15) is 5.82 Å². The molecule has 1 amide bonds. The predicted octanol–water partition coefficient (Wildman–Crippen LogP) is 2.85. The highest BCUT2D eigenvalue weighted by molar-refractivity contribution is 7.92. The molecule has 0 aliphatic rings. The number of amides is 1. The Bertz CT molecular complexity index is 862. The van der Waals surface area contributed by atoms with E-state index in [1.54, 1.807) is 13.0 Å². The van der Waals surface area contributed by atoms with Crippen molar-refractivity contribution in [3.8, 4) is 0 Å². The van der Waals surface area contributed by atoms with Crippen molar-refractivity contribution in [3.63, 3.8) is 0 Å². The second-order valence-corrected chi connectivity index (χ2v) is 6.77. The number of anilines is 1. The van der Waals surface area contributed by atoms with Gasteiger partial charge in [0.25, 0.3) is 15.9 Å². The fourth-order valence-corrected chi connectivity index (χ4v) is 3.09. The van der Waals surface area contributed by atoms with Gasteiger partial charge in [-0.05, 0) is 48.9 Å². The van der Waals surface area contributed by atoms with E-state index < -0.39 is 15.8 Å². The summed E-state index contributed by atoms with van der Waals surface area (Å²) < 4.78 is 40.1. The van der Waals surface area contributed by atoms with Crippen LogP contribution in [0.25, 0.3) is 0 Å². The maximum absolute atomic E-state index is 12.9. The molecule has 0 bridgehead atoms. The normalized spacial score (nSPS) is 10.9. The summed E-state index contributed by atoms with van der Waals surface area (Å²) >= 11 is 0. The Hall–Kier alpha value is -2.67. The van der Waals surface area contributed by atoms with Crippen LogP contribution in [0.2, 0.25) is 0 Å². The average Bonchev–Trinajstić information content (AvgIpc) is 2.54. The summed E-state index contributed by atoms with van der Waals surface area (Å²) in [5.74, 6) is -0.847. The SMILES string of the molecule is C=CCNC(=O)c1cc(S(=O)(=O)Nc2ccc(F)cc2)ccc1C. The Morgan fingerprint density at radius 2 is 1.88 bits per heavy atom. The molecular weight excluding hydrogens is 331 g/mol. The number of carbonyl (C=O) groups is 1. The summed E-state index contributed by atoms with van der Waals surface area (Å²) in [5, 5.41) is 2.61. The van der Waals surface area contributed by atoms with Crippen LogP contribution in [0.5, 0.6) is 0 Å². The first-order chi connectivity index (χ1) is 11.3. The Kier molecular flexibility index (Phi) is 5.35. The highest BCUT2D eigenvalue weighted by Crippen LogP contribution is 2.19. The molecule has 2 rings (SSSR count). The predicted molar refractivity (Wildman–Crippen MR) is 90.9 cm³/mol. The summed E-state index contributed by atoms with van der Waals surface area (Å²) in [7, 11) is -3.89. The van der Waals surface area contributed by atoms with Crippen LogP contribution >= 0.6 is 0 Å². The van der Waals surface area contributed by atoms with Crippen LogP contribution in [0.1, 0.15) is 15.9 Å². The van der Waals surface area contributed by atoms with E-state index in [1.165, 1.54) is 30.3 Å². The van der Waals surface area contributed by atoms with E-state index >= 15 is 0 Å². The molecule has 2 N–H and O–H groups in total. The quantitative estimate of drug-likeness (QED) is 0.788. The van der Waals surface area contributed by atoms with Crippen molar-refractivity contribution in [3.05, 3.63) is 72.1 Å². The number of nitrogens with one attached hydrogen (secondary N) is 2. The van der Waals surface area contributed by atoms with Gasteiger partial charge >= 0.3 is 0 Å². The van der Waals surface area contributed by atoms with Gasteiger partial charge in [-0.15, -0.1) is 6.58 Å². The lowest BCUT2D eigenvalue weighted by molar-refractivity contribution is 0.0957. The van der Waals surface area contributed by atoms with Gasteiger partial charge < -0.3 is 5.32 Å². The smallest absolute Gasteiger partial charge is 0.261 e. The highest BCUT2D eigenvalue weighted by atomic mass is 32.2. The second kappa shape index (κ2) is 7.27. The van der Waals surface area contributed by atoms with Crippen molar-refractivity contribution >= 4 is 21.6 Å². The fourth-order valence-electron chi connectivity index (χ4n) is 2.00. The molecule has 0 saturated carbocycles. The molecule has 0 aromatic heterocycles. The molecule has 5 nitrogen and oxygen atoms in total. The second-order valence-electron chi connectivity index (χ2n) is 5.09. The van der Waals surface area contributed by atoms with Crippen LogP contribution in [0.3, 0.4) is 0 Å². The van der Waals surface area contributed by atoms with Gasteiger partial charge in [0, 0.05) is 17.8 Å². The van der Waals surface area contributed by atoms with Gasteiger partial charge in [-0.1, -0.05) is 12.1 Å². The molecule has 0 spiro atoms. The minimum Gasteiger partial charge on any atom is -0.349 e. The number of aryl methyl sites for hydroxylation is 1. The zero-order chi connectivity index (χ0) is 17.7. The molecule has 24 heavy (non-hydrogen) atoms. The van der Waals surface area contributed by atoms with Gasteiger partial charge in [0.2, 0.25) is 0 Å². The summed E-state index contributed by atoms with van der Waals surface area (Å²) in [6, 6.07) is 9.22. The van der Waals surface area contributed by atoms with Gasteiger partial charge in [-0.3, -0.25) is 9.52 Å². The highest BCUT2D eigenvalue weighted by Gasteiger charge is 2.18. The lowest BCUT2D eigenvalue weighted by atomic mass is 10.1. The molecule has 2 aromatic carbocycles. The maximum atomic E-state index is 12.9. The molecule has 0 radical (unpaired) electrons. The number of hydrogen-bond donors (Lipinski definition) is 2. The molecule has 0 aliphatic carbocycles. The standard InChI is InChI=1S/C17H17FN2O3S/c1-3-10-19-17(21)16-11-15(9-4-12(16)2)24(22,23)20-14-7-5-13(18)6-8-14/h3-9,11,20H,1,10H2,2H3,(H,19,21). The number of benzene rings is 2. The van der Waals surface area contributed by atoms with Crippen molar-refractivity contribution in [1.29, 1.82) is 0 Å². The van der Waals surface area contributed by atoms with Crippen LogP contribution in [-0.4, -0.2) is 20.9 Å².